The number of piperidine rings is 1. The van der Waals surface area contributed by atoms with Crippen LogP contribution in [0.5, 0.6) is 0 Å². The van der Waals surface area contributed by atoms with Crippen molar-refractivity contribution >= 4 is 0 Å². The van der Waals surface area contributed by atoms with Gasteiger partial charge in [-0.05, 0) is 93.9 Å². The summed E-state index contributed by atoms with van der Waals surface area (Å²) in [5.41, 5.74) is 1.68. The van der Waals surface area contributed by atoms with Crippen LogP contribution in [0.1, 0.15) is 99.3 Å². The van der Waals surface area contributed by atoms with Gasteiger partial charge in [0.1, 0.15) is 0 Å². The molecule has 2 heteroatoms. The molecule has 0 unspecified atom stereocenters. The summed E-state index contributed by atoms with van der Waals surface area (Å²) >= 11 is 0. The van der Waals surface area contributed by atoms with Crippen LogP contribution in [0, 0.1) is 16.2 Å². The summed E-state index contributed by atoms with van der Waals surface area (Å²) in [6.07, 6.45) is 12.7. The first-order valence-corrected chi connectivity index (χ1v) is 11.5. The molecule has 2 heterocycles. The van der Waals surface area contributed by atoms with Crippen LogP contribution in [0.25, 0.3) is 0 Å². The van der Waals surface area contributed by atoms with Crippen molar-refractivity contribution in [3.63, 3.8) is 0 Å². The highest BCUT2D eigenvalue weighted by atomic mass is 15.2. The molecule has 26 heavy (non-hydrogen) atoms. The highest BCUT2D eigenvalue weighted by Crippen LogP contribution is 2.40. The summed E-state index contributed by atoms with van der Waals surface area (Å²) in [5, 5.41) is 0. The number of likely N-dealkylation sites (tertiary alicyclic amines) is 2. The lowest BCUT2D eigenvalue weighted by Gasteiger charge is -2.39. The summed E-state index contributed by atoms with van der Waals surface area (Å²) < 4.78 is 0. The van der Waals surface area contributed by atoms with E-state index in [9.17, 15) is 0 Å². The lowest BCUT2D eigenvalue weighted by molar-refractivity contribution is 0.105. The number of rotatable bonds is 8. The SMILES string of the molecule is CC(C)(C)CCCCN1CCC2(CC1)CCN(CCCCC(C)(C)C)C2. The van der Waals surface area contributed by atoms with E-state index in [4.69, 9.17) is 0 Å². The third kappa shape index (κ3) is 8.30. The third-order valence-corrected chi connectivity index (χ3v) is 6.74. The predicted octanol–water partition coefficient (Wildman–Crippen LogP) is 6.21. The third-order valence-electron chi connectivity index (χ3n) is 6.74. The van der Waals surface area contributed by atoms with Crippen LogP contribution in [-0.4, -0.2) is 49.1 Å². The van der Waals surface area contributed by atoms with Crippen molar-refractivity contribution in [2.24, 2.45) is 16.2 Å². The quantitative estimate of drug-likeness (QED) is 0.473. The Labute approximate surface area is 165 Å². The summed E-state index contributed by atoms with van der Waals surface area (Å²) in [5.74, 6) is 0. The van der Waals surface area contributed by atoms with Crippen molar-refractivity contribution in [2.75, 3.05) is 39.3 Å². The first-order chi connectivity index (χ1) is 12.1. The van der Waals surface area contributed by atoms with Crippen molar-refractivity contribution < 1.29 is 0 Å². The molecule has 0 N–H and O–H groups in total. The van der Waals surface area contributed by atoms with E-state index in [-0.39, 0.29) is 0 Å². The monoisotopic (exact) mass is 364 g/mol. The number of nitrogens with zero attached hydrogens (tertiary/aromatic N) is 2. The Balaban J connectivity index is 1.59. The highest BCUT2D eigenvalue weighted by molar-refractivity contribution is 4.93. The van der Waals surface area contributed by atoms with E-state index < -0.39 is 0 Å². The first kappa shape index (κ1) is 22.2. The average molecular weight is 365 g/mol. The Bertz CT molecular complexity index is 393. The topological polar surface area (TPSA) is 6.48 Å². The van der Waals surface area contributed by atoms with E-state index in [1.807, 2.05) is 0 Å². The van der Waals surface area contributed by atoms with Gasteiger partial charge in [0.15, 0.2) is 0 Å². The minimum Gasteiger partial charge on any atom is -0.303 e. The Morgan fingerprint density at radius 1 is 0.615 bits per heavy atom. The van der Waals surface area contributed by atoms with Gasteiger partial charge >= 0.3 is 0 Å². The maximum absolute atomic E-state index is 2.78. The van der Waals surface area contributed by atoms with Gasteiger partial charge in [0, 0.05) is 6.54 Å². The molecule has 2 rings (SSSR count). The molecule has 1 spiro atoms. The first-order valence-electron chi connectivity index (χ1n) is 11.5. The zero-order valence-corrected chi connectivity index (χ0v) is 19.0. The fourth-order valence-corrected chi connectivity index (χ4v) is 4.86. The van der Waals surface area contributed by atoms with Crippen LogP contribution < -0.4 is 0 Å². The minimum absolute atomic E-state index is 0.506. The summed E-state index contributed by atoms with van der Waals surface area (Å²) in [6.45, 7) is 22.4. The normalized spacial score (nSPS) is 22.4. The van der Waals surface area contributed by atoms with Crippen LogP contribution in [0.4, 0.5) is 0 Å². The maximum Gasteiger partial charge on any atom is 0.00394 e. The Kier molecular flexibility index (Phi) is 8.04. The van der Waals surface area contributed by atoms with Crippen molar-refractivity contribution in [3.8, 4) is 0 Å². The van der Waals surface area contributed by atoms with E-state index in [1.165, 1.54) is 97.1 Å². The van der Waals surface area contributed by atoms with Crippen molar-refractivity contribution in [3.05, 3.63) is 0 Å². The smallest absolute Gasteiger partial charge is 0.00394 e. The van der Waals surface area contributed by atoms with Crippen LogP contribution in [-0.2, 0) is 0 Å². The van der Waals surface area contributed by atoms with Gasteiger partial charge in [0.25, 0.3) is 0 Å². The standard InChI is InChI=1S/C24H48N2/c1-22(2,3)11-7-9-16-25-18-13-24(14-19-25)15-20-26(21-24)17-10-8-12-23(4,5)6/h7-21H2,1-6H3. The van der Waals surface area contributed by atoms with Crippen molar-refractivity contribution in [1.29, 1.82) is 0 Å². The lowest BCUT2D eigenvalue weighted by atomic mass is 9.77. The zero-order chi connectivity index (χ0) is 19.3. The largest absolute Gasteiger partial charge is 0.303 e. The average Bonchev–Trinajstić information content (AvgIpc) is 2.91. The van der Waals surface area contributed by atoms with Gasteiger partial charge in [-0.1, -0.05) is 54.4 Å². The molecular weight excluding hydrogens is 316 g/mol. The molecule has 154 valence electrons. The van der Waals surface area contributed by atoms with Gasteiger partial charge in [-0.3, -0.25) is 0 Å². The van der Waals surface area contributed by atoms with Crippen LogP contribution >= 0.6 is 0 Å². The fraction of sp³-hybridized carbons (Fsp3) is 1.00. The van der Waals surface area contributed by atoms with Crippen molar-refractivity contribution in [2.45, 2.75) is 99.3 Å². The Morgan fingerprint density at radius 2 is 1.04 bits per heavy atom. The van der Waals surface area contributed by atoms with Gasteiger partial charge in [-0.15, -0.1) is 0 Å². The van der Waals surface area contributed by atoms with Gasteiger partial charge in [-0.2, -0.15) is 0 Å². The number of hydrogen-bond donors (Lipinski definition) is 0. The van der Waals surface area contributed by atoms with Crippen molar-refractivity contribution in [1.82, 2.24) is 9.80 Å². The molecule has 0 atom stereocenters. The molecule has 0 aliphatic carbocycles. The second kappa shape index (κ2) is 9.41. The molecule has 0 aromatic heterocycles. The molecule has 2 fully saturated rings. The Morgan fingerprint density at radius 3 is 1.50 bits per heavy atom. The molecule has 2 aliphatic heterocycles. The highest BCUT2D eigenvalue weighted by Gasteiger charge is 2.40. The summed E-state index contributed by atoms with van der Waals surface area (Å²) in [4.78, 5) is 5.53. The Hall–Kier alpha value is -0.0800. The molecule has 2 saturated heterocycles. The fourth-order valence-electron chi connectivity index (χ4n) is 4.86. The van der Waals surface area contributed by atoms with E-state index in [1.54, 1.807) is 0 Å². The molecule has 0 aromatic rings. The number of unbranched alkanes of at least 4 members (excludes halogenated alkanes) is 2. The second-order valence-electron chi connectivity index (χ2n) is 11.9. The van der Waals surface area contributed by atoms with E-state index in [0.29, 0.717) is 16.2 Å². The summed E-state index contributed by atoms with van der Waals surface area (Å²) in [6, 6.07) is 0. The molecule has 2 aliphatic rings. The molecular formula is C24H48N2. The zero-order valence-electron chi connectivity index (χ0n) is 19.0. The van der Waals surface area contributed by atoms with Crippen LogP contribution in [0.2, 0.25) is 0 Å². The minimum atomic E-state index is 0.506. The predicted molar refractivity (Wildman–Crippen MR) is 116 cm³/mol. The molecule has 0 radical (unpaired) electrons. The molecule has 0 bridgehead atoms. The van der Waals surface area contributed by atoms with Gasteiger partial charge in [-0.25, -0.2) is 0 Å². The van der Waals surface area contributed by atoms with Gasteiger partial charge in [0.2, 0.25) is 0 Å². The number of hydrogen-bond acceptors (Lipinski definition) is 2. The van der Waals surface area contributed by atoms with E-state index in [0.717, 1.165) is 0 Å². The molecule has 0 amide bonds. The van der Waals surface area contributed by atoms with E-state index in [2.05, 4.69) is 51.3 Å². The van der Waals surface area contributed by atoms with E-state index >= 15 is 0 Å². The summed E-state index contributed by atoms with van der Waals surface area (Å²) in [7, 11) is 0. The lowest BCUT2D eigenvalue weighted by Crippen LogP contribution is -2.42. The van der Waals surface area contributed by atoms with Gasteiger partial charge < -0.3 is 9.80 Å². The maximum atomic E-state index is 2.78. The molecule has 0 saturated carbocycles. The van der Waals surface area contributed by atoms with Crippen LogP contribution in [0.3, 0.4) is 0 Å². The second-order valence-corrected chi connectivity index (χ2v) is 11.9. The van der Waals surface area contributed by atoms with Gasteiger partial charge in [0.05, 0.1) is 0 Å². The molecule has 0 aromatic carbocycles. The molecule has 2 nitrogen and oxygen atoms in total. The van der Waals surface area contributed by atoms with Crippen LogP contribution in [0.15, 0.2) is 0 Å².